The minimum atomic E-state index is -0.213. The first-order valence-electron chi connectivity index (χ1n) is 10.4. The molecule has 5 nitrogen and oxygen atoms in total. The van der Waals surface area contributed by atoms with Crippen molar-refractivity contribution in [3.8, 4) is 0 Å². The minimum absolute atomic E-state index is 0.213. The zero-order valence-electron chi connectivity index (χ0n) is 16.8. The molecule has 29 heavy (non-hydrogen) atoms. The van der Waals surface area contributed by atoms with Crippen molar-refractivity contribution < 1.29 is 4.79 Å². The van der Waals surface area contributed by atoms with Crippen LogP contribution in [0.5, 0.6) is 0 Å². The number of nitrogens with zero attached hydrogens (tertiary/aromatic N) is 3. The highest BCUT2D eigenvalue weighted by Crippen LogP contribution is 2.24. The molecule has 0 bridgehead atoms. The molecule has 1 aromatic heterocycles. The first kappa shape index (κ1) is 19.9. The van der Waals surface area contributed by atoms with E-state index in [1.54, 1.807) is 12.1 Å². The van der Waals surface area contributed by atoms with Gasteiger partial charge >= 0.3 is 0 Å². The summed E-state index contributed by atoms with van der Waals surface area (Å²) in [6, 6.07) is 13.0. The highest BCUT2D eigenvalue weighted by Gasteiger charge is 2.16. The van der Waals surface area contributed by atoms with Crippen LogP contribution in [-0.4, -0.2) is 33.4 Å². The van der Waals surface area contributed by atoms with E-state index in [0.29, 0.717) is 10.6 Å². The summed E-state index contributed by atoms with van der Waals surface area (Å²) in [5.74, 6) is 0.883. The van der Waals surface area contributed by atoms with Gasteiger partial charge in [-0.25, -0.2) is 4.98 Å². The number of amides is 1. The van der Waals surface area contributed by atoms with Crippen LogP contribution in [0.25, 0.3) is 11.0 Å². The van der Waals surface area contributed by atoms with Gasteiger partial charge in [0.2, 0.25) is 0 Å². The van der Waals surface area contributed by atoms with Crippen LogP contribution in [0.4, 0.5) is 5.69 Å². The predicted molar refractivity (Wildman–Crippen MR) is 119 cm³/mol. The summed E-state index contributed by atoms with van der Waals surface area (Å²) in [5.41, 5.74) is 3.21. The summed E-state index contributed by atoms with van der Waals surface area (Å²) >= 11 is 6.15. The largest absolute Gasteiger partial charge is 0.327 e. The lowest BCUT2D eigenvalue weighted by molar-refractivity contribution is 0.102. The van der Waals surface area contributed by atoms with Gasteiger partial charge in [0.25, 0.3) is 5.91 Å². The van der Waals surface area contributed by atoms with E-state index in [1.165, 1.54) is 25.7 Å². The Morgan fingerprint density at radius 3 is 2.59 bits per heavy atom. The molecule has 0 saturated carbocycles. The minimum Gasteiger partial charge on any atom is -0.327 e. The first-order valence-corrected chi connectivity index (χ1v) is 10.8. The summed E-state index contributed by atoms with van der Waals surface area (Å²) in [6.45, 7) is 6.20. The third-order valence-corrected chi connectivity index (χ3v) is 5.91. The van der Waals surface area contributed by atoms with Crippen LogP contribution in [0.2, 0.25) is 5.02 Å². The Labute approximate surface area is 176 Å². The fourth-order valence-electron chi connectivity index (χ4n) is 4.07. The van der Waals surface area contributed by atoms with Gasteiger partial charge in [0, 0.05) is 12.2 Å². The van der Waals surface area contributed by atoms with Crippen molar-refractivity contribution in [2.75, 3.05) is 18.4 Å². The van der Waals surface area contributed by atoms with Gasteiger partial charge in [0.1, 0.15) is 5.82 Å². The maximum atomic E-state index is 12.6. The van der Waals surface area contributed by atoms with Crippen LogP contribution in [0.1, 0.15) is 48.8 Å². The number of hydrogen-bond donors (Lipinski definition) is 1. The van der Waals surface area contributed by atoms with Gasteiger partial charge in [-0.1, -0.05) is 36.6 Å². The second kappa shape index (κ2) is 8.97. The molecule has 152 valence electrons. The molecule has 0 spiro atoms. The Morgan fingerprint density at radius 1 is 1.10 bits per heavy atom. The number of rotatable bonds is 5. The number of benzene rings is 2. The Morgan fingerprint density at radius 2 is 1.86 bits per heavy atom. The molecule has 1 aliphatic rings. The molecule has 1 saturated heterocycles. The lowest BCUT2D eigenvalue weighted by Crippen LogP contribution is -2.25. The third kappa shape index (κ3) is 4.46. The van der Waals surface area contributed by atoms with Crippen molar-refractivity contribution >= 4 is 34.2 Å². The molecule has 0 atom stereocenters. The van der Waals surface area contributed by atoms with E-state index < -0.39 is 0 Å². The Bertz CT molecular complexity index is 1010. The molecule has 0 aliphatic carbocycles. The zero-order chi connectivity index (χ0) is 20.2. The maximum absolute atomic E-state index is 12.6. The molecule has 6 heteroatoms. The third-order valence-electron chi connectivity index (χ3n) is 5.58. The molecule has 2 heterocycles. The van der Waals surface area contributed by atoms with E-state index in [1.807, 2.05) is 30.3 Å². The van der Waals surface area contributed by atoms with E-state index in [0.717, 1.165) is 48.7 Å². The molecule has 0 radical (unpaired) electrons. The molecule has 4 rings (SSSR count). The molecule has 1 amide bonds. The fourth-order valence-corrected chi connectivity index (χ4v) is 4.29. The van der Waals surface area contributed by atoms with E-state index in [9.17, 15) is 4.79 Å². The highest BCUT2D eigenvalue weighted by atomic mass is 35.5. The van der Waals surface area contributed by atoms with Crippen molar-refractivity contribution in [3.05, 3.63) is 58.9 Å². The van der Waals surface area contributed by atoms with Gasteiger partial charge in [-0.2, -0.15) is 0 Å². The van der Waals surface area contributed by atoms with Crippen molar-refractivity contribution in [1.29, 1.82) is 0 Å². The summed E-state index contributed by atoms with van der Waals surface area (Å²) in [6.07, 6.45) is 5.19. The standard InChI is InChI=1S/C23H27ClN4O/c1-2-28-21-12-11-17(25-23(29)18-9-5-6-10-19(18)24)15-20(21)26-22(28)16-27-13-7-3-4-8-14-27/h5-6,9-12,15H,2-4,7-8,13-14,16H2,1H3,(H,25,29). The number of fused-ring (bicyclic) bond motifs is 1. The van der Waals surface area contributed by atoms with E-state index in [4.69, 9.17) is 16.6 Å². The molecular weight excluding hydrogens is 384 g/mol. The number of carbonyl (C=O) groups excluding carboxylic acids is 1. The summed E-state index contributed by atoms with van der Waals surface area (Å²) in [4.78, 5) is 20.0. The summed E-state index contributed by atoms with van der Waals surface area (Å²) in [7, 11) is 0. The first-order chi connectivity index (χ1) is 14.2. The van der Waals surface area contributed by atoms with Gasteiger partial charge in [0.05, 0.1) is 28.2 Å². The maximum Gasteiger partial charge on any atom is 0.257 e. The van der Waals surface area contributed by atoms with Gasteiger partial charge < -0.3 is 9.88 Å². The van der Waals surface area contributed by atoms with Crippen LogP contribution in [0.15, 0.2) is 42.5 Å². The van der Waals surface area contributed by atoms with Crippen LogP contribution in [-0.2, 0) is 13.1 Å². The lowest BCUT2D eigenvalue weighted by atomic mass is 10.2. The van der Waals surface area contributed by atoms with Gasteiger partial charge in [-0.15, -0.1) is 0 Å². The summed E-state index contributed by atoms with van der Waals surface area (Å²) < 4.78 is 2.28. The zero-order valence-corrected chi connectivity index (χ0v) is 17.6. The van der Waals surface area contributed by atoms with Gasteiger partial charge in [-0.05, 0) is 63.2 Å². The van der Waals surface area contributed by atoms with E-state index >= 15 is 0 Å². The van der Waals surface area contributed by atoms with E-state index in [2.05, 4.69) is 21.7 Å². The number of imidazole rings is 1. The lowest BCUT2D eigenvalue weighted by Gasteiger charge is -2.19. The topological polar surface area (TPSA) is 50.2 Å². The number of likely N-dealkylation sites (tertiary alicyclic amines) is 1. The smallest absolute Gasteiger partial charge is 0.257 e. The molecule has 1 aliphatic heterocycles. The molecule has 0 unspecified atom stereocenters. The highest BCUT2D eigenvalue weighted by molar-refractivity contribution is 6.34. The number of halogens is 1. The predicted octanol–water partition coefficient (Wildman–Crippen LogP) is 5.34. The average molecular weight is 411 g/mol. The quantitative estimate of drug-likeness (QED) is 0.617. The SMILES string of the molecule is CCn1c(CN2CCCCCC2)nc2cc(NC(=O)c3ccccc3Cl)ccc21. The van der Waals surface area contributed by atoms with Gasteiger partial charge in [-0.3, -0.25) is 9.69 Å². The number of aryl methyl sites for hydroxylation is 1. The number of aromatic nitrogens is 2. The number of hydrogen-bond acceptors (Lipinski definition) is 3. The Kier molecular flexibility index (Phi) is 6.16. The molecule has 1 N–H and O–H groups in total. The van der Waals surface area contributed by atoms with Crippen LogP contribution < -0.4 is 5.32 Å². The van der Waals surface area contributed by atoms with Crippen molar-refractivity contribution in [1.82, 2.24) is 14.5 Å². The molecule has 2 aromatic carbocycles. The second-order valence-electron chi connectivity index (χ2n) is 7.60. The van der Waals surface area contributed by atoms with Gasteiger partial charge in [0.15, 0.2) is 0 Å². The average Bonchev–Trinajstić information content (AvgIpc) is 2.86. The number of carbonyl (C=O) groups is 1. The monoisotopic (exact) mass is 410 g/mol. The van der Waals surface area contributed by atoms with E-state index in [-0.39, 0.29) is 5.91 Å². The normalized spacial score (nSPS) is 15.4. The Balaban J connectivity index is 1.57. The van der Waals surface area contributed by atoms with Crippen LogP contribution in [0.3, 0.4) is 0 Å². The van der Waals surface area contributed by atoms with Crippen LogP contribution >= 0.6 is 11.6 Å². The molecule has 3 aromatic rings. The van der Waals surface area contributed by atoms with Crippen LogP contribution in [0, 0.1) is 0 Å². The van der Waals surface area contributed by atoms with Crippen molar-refractivity contribution in [2.24, 2.45) is 0 Å². The molecular formula is C23H27ClN4O. The molecule has 1 fully saturated rings. The number of nitrogens with one attached hydrogen (secondary N) is 1. The summed E-state index contributed by atoms with van der Waals surface area (Å²) in [5, 5.41) is 3.39. The van der Waals surface area contributed by atoms with Crippen molar-refractivity contribution in [3.63, 3.8) is 0 Å². The Hall–Kier alpha value is -2.37. The second-order valence-corrected chi connectivity index (χ2v) is 8.01. The fraction of sp³-hybridized carbons (Fsp3) is 0.391. The van der Waals surface area contributed by atoms with Crippen molar-refractivity contribution in [2.45, 2.75) is 45.7 Å². The number of anilines is 1.